The third kappa shape index (κ3) is 3.87. The number of aromatic nitrogens is 1. The van der Waals surface area contributed by atoms with Gasteiger partial charge in [-0.25, -0.2) is 4.98 Å². The lowest BCUT2D eigenvalue weighted by atomic mass is 10.0. The number of rotatable bonds is 5. The summed E-state index contributed by atoms with van der Waals surface area (Å²) in [5.41, 5.74) is 4.17. The fraction of sp³-hybridized carbons (Fsp3) is 0.286. The zero-order chi connectivity index (χ0) is 19.7. The molecule has 6 nitrogen and oxygen atoms in total. The monoisotopic (exact) mass is 398 g/mol. The molecule has 0 fully saturated rings. The van der Waals surface area contributed by atoms with Crippen LogP contribution in [0.3, 0.4) is 0 Å². The molecule has 1 aromatic carbocycles. The zero-order valence-corrected chi connectivity index (χ0v) is 16.1. The minimum atomic E-state index is -0.951. The number of ether oxygens (including phenoxy) is 1. The predicted octanol–water partition coefficient (Wildman–Crippen LogP) is 4.08. The molecule has 1 atom stereocenters. The predicted molar refractivity (Wildman–Crippen MR) is 105 cm³/mol. The lowest BCUT2D eigenvalue weighted by Crippen LogP contribution is -2.30. The van der Waals surface area contributed by atoms with Gasteiger partial charge in [0.25, 0.3) is 5.91 Å². The Labute approximate surface area is 166 Å². The summed E-state index contributed by atoms with van der Waals surface area (Å²) in [6.45, 7) is 1.52. The Hall–Kier alpha value is -2.86. The number of furan rings is 1. The Morgan fingerprint density at radius 2 is 2.07 bits per heavy atom. The summed E-state index contributed by atoms with van der Waals surface area (Å²) in [6.07, 6.45) is 5.37. The average molecular weight is 399 g/mol. The van der Waals surface area contributed by atoms with Crippen LogP contribution < -0.4 is 5.32 Å². The van der Waals surface area contributed by atoms with Gasteiger partial charge in [0, 0.05) is 17.1 Å². The lowest BCUT2D eigenvalue weighted by molar-refractivity contribution is -0.152. The van der Waals surface area contributed by atoms with Crippen molar-refractivity contribution in [1.82, 2.24) is 4.98 Å². The van der Waals surface area contributed by atoms with Crippen molar-refractivity contribution in [1.29, 1.82) is 0 Å². The Bertz CT molecular complexity index is 1040. The summed E-state index contributed by atoms with van der Waals surface area (Å²) in [7, 11) is 0. The van der Waals surface area contributed by atoms with Gasteiger partial charge in [0.15, 0.2) is 6.10 Å². The number of hydrogen-bond donors (Lipinski definition) is 1. The average Bonchev–Trinajstić information content (AvgIpc) is 3.28. The molecule has 2 aromatic heterocycles. The fourth-order valence-electron chi connectivity index (χ4n) is 3.41. The van der Waals surface area contributed by atoms with Crippen LogP contribution in [0, 0.1) is 0 Å². The van der Waals surface area contributed by atoms with Gasteiger partial charge in [-0.15, -0.1) is 0 Å². The van der Waals surface area contributed by atoms with Crippen molar-refractivity contribution < 1.29 is 18.7 Å². The van der Waals surface area contributed by atoms with Gasteiger partial charge in [0.1, 0.15) is 11.4 Å². The van der Waals surface area contributed by atoms with Gasteiger partial charge in [0.05, 0.1) is 17.7 Å². The molecule has 1 N–H and O–H groups in total. The normalized spacial score (nSPS) is 13.9. The van der Waals surface area contributed by atoms with Gasteiger partial charge in [0.2, 0.25) is 0 Å². The van der Waals surface area contributed by atoms with Gasteiger partial charge in [-0.3, -0.25) is 9.59 Å². The molecule has 4 rings (SSSR count). The van der Waals surface area contributed by atoms with Gasteiger partial charge >= 0.3 is 5.97 Å². The second-order valence-electron chi connectivity index (χ2n) is 6.89. The molecule has 28 heavy (non-hydrogen) atoms. The SMILES string of the molecule is C[C@@H](OC(=O)Cc1coc2cc3c(cc12)CCC3)C(=O)Nc1ccc(Cl)cn1. The molecule has 0 unspecified atom stereocenters. The zero-order valence-electron chi connectivity index (χ0n) is 15.3. The first-order chi connectivity index (χ1) is 13.5. The van der Waals surface area contributed by atoms with E-state index >= 15 is 0 Å². The van der Waals surface area contributed by atoms with E-state index in [2.05, 4.69) is 22.4 Å². The summed E-state index contributed by atoms with van der Waals surface area (Å²) in [6, 6.07) is 7.35. The quantitative estimate of drug-likeness (QED) is 0.655. The topological polar surface area (TPSA) is 81.4 Å². The highest BCUT2D eigenvalue weighted by Gasteiger charge is 2.21. The number of halogens is 1. The van der Waals surface area contributed by atoms with Gasteiger partial charge in [-0.2, -0.15) is 0 Å². The molecule has 0 spiro atoms. The third-order valence-corrected chi connectivity index (χ3v) is 5.08. The minimum absolute atomic E-state index is 0.0442. The smallest absolute Gasteiger partial charge is 0.311 e. The number of amides is 1. The molecule has 3 aromatic rings. The van der Waals surface area contributed by atoms with E-state index in [4.69, 9.17) is 20.8 Å². The molecule has 0 saturated carbocycles. The maximum Gasteiger partial charge on any atom is 0.311 e. The number of carbonyl (C=O) groups excluding carboxylic acids is 2. The highest BCUT2D eigenvalue weighted by atomic mass is 35.5. The molecular formula is C21H19ClN2O4. The van der Waals surface area contributed by atoms with Crippen molar-refractivity contribution in [2.24, 2.45) is 0 Å². The van der Waals surface area contributed by atoms with Crippen LogP contribution in [0.25, 0.3) is 11.0 Å². The number of nitrogens with zero attached hydrogens (tertiary/aromatic N) is 1. The van der Waals surface area contributed by atoms with Crippen LogP contribution in [0.4, 0.5) is 5.82 Å². The number of hydrogen-bond acceptors (Lipinski definition) is 5. The molecule has 1 aliphatic rings. The number of anilines is 1. The maximum atomic E-state index is 12.3. The number of aryl methyl sites for hydroxylation is 2. The summed E-state index contributed by atoms with van der Waals surface area (Å²) < 4.78 is 10.9. The Morgan fingerprint density at radius 3 is 2.82 bits per heavy atom. The van der Waals surface area contributed by atoms with Crippen LogP contribution >= 0.6 is 11.6 Å². The van der Waals surface area contributed by atoms with Crippen LogP contribution in [0.5, 0.6) is 0 Å². The molecule has 7 heteroatoms. The summed E-state index contributed by atoms with van der Waals surface area (Å²) in [5.74, 6) is -0.611. The second kappa shape index (κ2) is 7.64. The number of nitrogens with one attached hydrogen (secondary N) is 1. The van der Waals surface area contributed by atoms with E-state index in [0.717, 1.165) is 35.8 Å². The largest absolute Gasteiger partial charge is 0.464 e. The first kappa shape index (κ1) is 18.5. The summed E-state index contributed by atoms with van der Waals surface area (Å²) in [4.78, 5) is 28.5. The van der Waals surface area contributed by atoms with Gasteiger partial charge in [-0.05, 0) is 61.6 Å². The fourth-order valence-corrected chi connectivity index (χ4v) is 3.52. The van der Waals surface area contributed by atoms with Crippen molar-refractivity contribution in [3.63, 3.8) is 0 Å². The lowest BCUT2D eigenvalue weighted by Gasteiger charge is -2.13. The number of carbonyl (C=O) groups is 2. The van der Waals surface area contributed by atoms with E-state index in [1.54, 1.807) is 18.4 Å². The van der Waals surface area contributed by atoms with Gasteiger partial charge < -0.3 is 14.5 Å². The first-order valence-electron chi connectivity index (χ1n) is 9.13. The molecule has 0 bridgehead atoms. The highest BCUT2D eigenvalue weighted by Crippen LogP contribution is 2.30. The molecule has 0 aliphatic heterocycles. The van der Waals surface area contributed by atoms with Gasteiger partial charge in [-0.1, -0.05) is 11.6 Å². The number of benzene rings is 1. The van der Waals surface area contributed by atoms with Crippen LogP contribution in [0.1, 0.15) is 30.0 Å². The molecule has 1 amide bonds. The van der Waals surface area contributed by atoms with Crippen LogP contribution in [0.2, 0.25) is 5.02 Å². The van der Waals surface area contributed by atoms with Crippen molar-refractivity contribution >= 4 is 40.3 Å². The Morgan fingerprint density at radius 1 is 1.29 bits per heavy atom. The number of esters is 1. The van der Waals surface area contributed by atoms with Crippen LogP contribution in [0.15, 0.2) is 41.1 Å². The molecule has 1 aliphatic carbocycles. The van der Waals surface area contributed by atoms with Crippen molar-refractivity contribution in [3.05, 3.63) is 58.4 Å². The minimum Gasteiger partial charge on any atom is -0.464 e. The molecule has 144 valence electrons. The van der Waals surface area contributed by atoms with Crippen molar-refractivity contribution in [2.75, 3.05) is 5.32 Å². The van der Waals surface area contributed by atoms with E-state index in [9.17, 15) is 9.59 Å². The first-order valence-corrected chi connectivity index (χ1v) is 9.51. The van der Waals surface area contributed by atoms with Crippen molar-refractivity contribution in [3.8, 4) is 0 Å². The maximum absolute atomic E-state index is 12.3. The number of fused-ring (bicyclic) bond motifs is 2. The standard InChI is InChI=1S/C21H19ClN2O4/c1-12(21(26)24-19-6-5-16(22)10-23-19)28-20(25)9-15-11-27-18-8-14-4-2-3-13(14)7-17(15)18/h5-8,10-12H,2-4,9H2,1H3,(H,23,24,26)/t12-/m1/s1. The molecule has 0 radical (unpaired) electrons. The third-order valence-electron chi connectivity index (χ3n) is 4.86. The van der Waals surface area contributed by atoms with E-state index in [-0.39, 0.29) is 6.42 Å². The molecule has 2 heterocycles. The Balaban J connectivity index is 1.39. The van der Waals surface area contributed by atoms with Crippen molar-refractivity contribution in [2.45, 2.75) is 38.7 Å². The van der Waals surface area contributed by atoms with Crippen LogP contribution in [-0.2, 0) is 33.6 Å². The second-order valence-corrected chi connectivity index (χ2v) is 7.33. The van der Waals surface area contributed by atoms with Crippen LogP contribution in [-0.4, -0.2) is 23.0 Å². The summed E-state index contributed by atoms with van der Waals surface area (Å²) in [5, 5.41) is 3.99. The number of pyridine rings is 1. The Kier molecular flexibility index (Phi) is 5.05. The molecule has 0 saturated heterocycles. The van der Waals surface area contributed by atoms with E-state index in [1.807, 2.05) is 0 Å². The summed E-state index contributed by atoms with van der Waals surface area (Å²) >= 11 is 5.77. The molecular weight excluding hydrogens is 380 g/mol. The highest BCUT2D eigenvalue weighted by molar-refractivity contribution is 6.30. The van der Waals surface area contributed by atoms with E-state index in [0.29, 0.717) is 10.8 Å². The van der Waals surface area contributed by atoms with E-state index < -0.39 is 18.0 Å². The van der Waals surface area contributed by atoms with E-state index in [1.165, 1.54) is 24.2 Å².